The van der Waals surface area contributed by atoms with E-state index in [4.69, 9.17) is 5.73 Å². The summed E-state index contributed by atoms with van der Waals surface area (Å²) < 4.78 is 0. The lowest BCUT2D eigenvalue weighted by atomic mass is 10.2. The van der Waals surface area contributed by atoms with Gasteiger partial charge in [-0.15, -0.1) is 12.4 Å². The summed E-state index contributed by atoms with van der Waals surface area (Å²) in [7, 11) is 0. The van der Waals surface area contributed by atoms with Gasteiger partial charge in [-0.05, 0) is 31.5 Å². The maximum atomic E-state index is 10.4. The number of non-ortho nitro benzene ring substituents is 1. The van der Waals surface area contributed by atoms with Crippen molar-refractivity contribution < 1.29 is 4.92 Å². The standard InChI is InChI=1S/C10H15N3O2.ClH/c11-7-1-2-8-12-9-3-5-10(6-4-9)13(14)15;/h3-6,12H,1-2,7-8,11H2;1H. The first-order chi connectivity index (χ1) is 7.24. The minimum atomic E-state index is -0.405. The van der Waals surface area contributed by atoms with E-state index < -0.39 is 4.92 Å². The van der Waals surface area contributed by atoms with Gasteiger partial charge in [-0.2, -0.15) is 0 Å². The molecular weight excluding hydrogens is 230 g/mol. The van der Waals surface area contributed by atoms with Crippen LogP contribution in [0.4, 0.5) is 11.4 Å². The first-order valence-electron chi connectivity index (χ1n) is 4.92. The molecule has 1 aromatic carbocycles. The molecule has 0 unspecified atom stereocenters. The molecule has 16 heavy (non-hydrogen) atoms. The SMILES string of the molecule is Cl.NCCCCNc1ccc([N+](=O)[O-])cc1. The van der Waals surface area contributed by atoms with Gasteiger partial charge in [-0.3, -0.25) is 10.1 Å². The number of nitro groups is 1. The molecule has 0 saturated carbocycles. The van der Waals surface area contributed by atoms with Gasteiger partial charge in [0.15, 0.2) is 0 Å². The average molecular weight is 246 g/mol. The highest BCUT2D eigenvalue weighted by atomic mass is 35.5. The van der Waals surface area contributed by atoms with E-state index in [9.17, 15) is 10.1 Å². The van der Waals surface area contributed by atoms with Crippen molar-refractivity contribution in [3.63, 3.8) is 0 Å². The van der Waals surface area contributed by atoms with Crippen molar-refractivity contribution in [2.45, 2.75) is 12.8 Å². The molecule has 6 heteroatoms. The topological polar surface area (TPSA) is 81.2 Å². The number of nitrogens with one attached hydrogen (secondary N) is 1. The molecule has 0 atom stereocenters. The summed E-state index contributed by atoms with van der Waals surface area (Å²) in [6, 6.07) is 6.40. The van der Waals surface area contributed by atoms with Gasteiger partial charge in [0.25, 0.3) is 5.69 Å². The molecule has 90 valence electrons. The Labute approximate surface area is 101 Å². The van der Waals surface area contributed by atoms with Crippen molar-refractivity contribution >= 4 is 23.8 Å². The third-order valence-electron chi connectivity index (χ3n) is 2.04. The number of unbranched alkanes of at least 4 members (excludes halogenated alkanes) is 1. The molecular formula is C10H16ClN3O2. The average Bonchev–Trinajstić information content (AvgIpc) is 2.25. The monoisotopic (exact) mass is 245 g/mol. The highest BCUT2D eigenvalue weighted by molar-refractivity contribution is 5.85. The van der Waals surface area contributed by atoms with E-state index in [2.05, 4.69) is 5.32 Å². The fraction of sp³-hybridized carbons (Fsp3) is 0.400. The van der Waals surface area contributed by atoms with Crippen molar-refractivity contribution in [3.05, 3.63) is 34.4 Å². The second kappa shape index (κ2) is 7.90. The Kier molecular flexibility index (Phi) is 7.24. The predicted molar refractivity (Wildman–Crippen MR) is 67.1 cm³/mol. The Morgan fingerprint density at radius 1 is 1.25 bits per heavy atom. The first kappa shape index (κ1) is 14.7. The highest BCUT2D eigenvalue weighted by Crippen LogP contribution is 2.15. The van der Waals surface area contributed by atoms with Gasteiger partial charge < -0.3 is 11.1 Å². The van der Waals surface area contributed by atoms with Crippen LogP contribution in [-0.2, 0) is 0 Å². The van der Waals surface area contributed by atoms with Gasteiger partial charge in [0.05, 0.1) is 4.92 Å². The number of nitro benzene ring substituents is 1. The molecule has 0 aliphatic carbocycles. The smallest absolute Gasteiger partial charge is 0.269 e. The normalized spacial score (nSPS) is 9.31. The Morgan fingerprint density at radius 2 is 1.88 bits per heavy atom. The third kappa shape index (κ3) is 4.95. The fourth-order valence-corrected chi connectivity index (χ4v) is 1.20. The molecule has 0 aliphatic heterocycles. The van der Waals surface area contributed by atoms with Crippen molar-refractivity contribution in [1.82, 2.24) is 0 Å². The molecule has 0 aromatic heterocycles. The zero-order valence-electron chi connectivity index (χ0n) is 8.89. The number of hydrogen-bond donors (Lipinski definition) is 2. The highest BCUT2D eigenvalue weighted by Gasteiger charge is 2.02. The quantitative estimate of drug-likeness (QED) is 0.457. The van der Waals surface area contributed by atoms with E-state index in [1.807, 2.05) is 0 Å². The van der Waals surface area contributed by atoms with Crippen LogP contribution in [0.25, 0.3) is 0 Å². The molecule has 0 aliphatic rings. The van der Waals surface area contributed by atoms with Gasteiger partial charge in [0, 0.05) is 24.4 Å². The lowest BCUT2D eigenvalue weighted by Crippen LogP contribution is -2.05. The Bertz CT molecular complexity index is 316. The zero-order chi connectivity index (χ0) is 11.1. The van der Waals surface area contributed by atoms with E-state index >= 15 is 0 Å². The van der Waals surface area contributed by atoms with Crippen LogP contribution in [0.2, 0.25) is 0 Å². The summed E-state index contributed by atoms with van der Waals surface area (Å²) in [6.07, 6.45) is 1.99. The van der Waals surface area contributed by atoms with Crippen molar-refractivity contribution in [3.8, 4) is 0 Å². The van der Waals surface area contributed by atoms with Gasteiger partial charge >= 0.3 is 0 Å². The number of hydrogen-bond acceptors (Lipinski definition) is 4. The molecule has 5 nitrogen and oxygen atoms in total. The van der Waals surface area contributed by atoms with Crippen LogP contribution in [0, 0.1) is 10.1 Å². The summed E-state index contributed by atoms with van der Waals surface area (Å²) in [5.41, 5.74) is 6.37. The Hall–Kier alpha value is -1.33. The second-order valence-corrected chi connectivity index (χ2v) is 3.23. The molecule has 0 amide bonds. The van der Waals surface area contributed by atoms with E-state index in [1.54, 1.807) is 12.1 Å². The van der Waals surface area contributed by atoms with Crippen molar-refractivity contribution in [2.24, 2.45) is 5.73 Å². The van der Waals surface area contributed by atoms with Crippen LogP contribution < -0.4 is 11.1 Å². The molecule has 0 saturated heterocycles. The van der Waals surface area contributed by atoms with Crippen LogP contribution in [0.5, 0.6) is 0 Å². The fourth-order valence-electron chi connectivity index (χ4n) is 1.20. The molecule has 0 bridgehead atoms. The second-order valence-electron chi connectivity index (χ2n) is 3.23. The largest absolute Gasteiger partial charge is 0.385 e. The lowest BCUT2D eigenvalue weighted by Gasteiger charge is -2.04. The summed E-state index contributed by atoms with van der Waals surface area (Å²) in [6.45, 7) is 1.54. The first-order valence-corrected chi connectivity index (χ1v) is 4.92. The van der Waals surface area contributed by atoms with Gasteiger partial charge in [0.1, 0.15) is 0 Å². The maximum absolute atomic E-state index is 10.4. The number of nitrogens with zero attached hydrogens (tertiary/aromatic N) is 1. The number of benzene rings is 1. The number of anilines is 1. The molecule has 0 fully saturated rings. The van der Waals surface area contributed by atoms with Crippen LogP contribution in [0.1, 0.15) is 12.8 Å². The number of halogens is 1. The lowest BCUT2D eigenvalue weighted by molar-refractivity contribution is -0.384. The summed E-state index contributed by atoms with van der Waals surface area (Å²) >= 11 is 0. The minimum absolute atomic E-state index is 0. The summed E-state index contributed by atoms with van der Waals surface area (Å²) in [5, 5.41) is 13.6. The summed E-state index contributed by atoms with van der Waals surface area (Å²) in [5.74, 6) is 0. The molecule has 0 heterocycles. The number of nitrogens with two attached hydrogens (primary N) is 1. The van der Waals surface area contributed by atoms with E-state index in [0.29, 0.717) is 6.54 Å². The van der Waals surface area contributed by atoms with Gasteiger partial charge in [-0.25, -0.2) is 0 Å². The van der Waals surface area contributed by atoms with Crippen LogP contribution >= 0.6 is 12.4 Å². The van der Waals surface area contributed by atoms with Crippen LogP contribution in [-0.4, -0.2) is 18.0 Å². The third-order valence-corrected chi connectivity index (χ3v) is 2.04. The minimum Gasteiger partial charge on any atom is -0.385 e. The molecule has 0 radical (unpaired) electrons. The molecule has 3 N–H and O–H groups in total. The summed E-state index contributed by atoms with van der Waals surface area (Å²) in [4.78, 5) is 9.98. The zero-order valence-corrected chi connectivity index (χ0v) is 9.70. The van der Waals surface area contributed by atoms with Crippen molar-refractivity contribution in [1.29, 1.82) is 0 Å². The molecule has 0 spiro atoms. The Balaban J connectivity index is 0.00000225. The van der Waals surface area contributed by atoms with E-state index in [0.717, 1.165) is 25.1 Å². The molecule has 1 rings (SSSR count). The maximum Gasteiger partial charge on any atom is 0.269 e. The van der Waals surface area contributed by atoms with Gasteiger partial charge in [-0.1, -0.05) is 0 Å². The molecule has 1 aromatic rings. The van der Waals surface area contributed by atoms with E-state index in [-0.39, 0.29) is 18.1 Å². The number of rotatable bonds is 6. The predicted octanol–water partition coefficient (Wildman–Crippen LogP) is 2.17. The van der Waals surface area contributed by atoms with E-state index in [1.165, 1.54) is 12.1 Å². The Morgan fingerprint density at radius 3 is 2.38 bits per heavy atom. The van der Waals surface area contributed by atoms with Crippen LogP contribution in [0.3, 0.4) is 0 Å². The van der Waals surface area contributed by atoms with Crippen LogP contribution in [0.15, 0.2) is 24.3 Å². The van der Waals surface area contributed by atoms with Gasteiger partial charge in [0.2, 0.25) is 0 Å². The van der Waals surface area contributed by atoms with Crippen molar-refractivity contribution in [2.75, 3.05) is 18.4 Å².